The highest BCUT2D eigenvalue weighted by molar-refractivity contribution is 5.79. The zero-order valence-corrected chi connectivity index (χ0v) is 8.51. The van der Waals surface area contributed by atoms with Crippen LogP contribution < -0.4 is 5.73 Å². The van der Waals surface area contributed by atoms with E-state index in [1.807, 2.05) is 0 Å². The van der Waals surface area contributed by atoms with E-state index in [2.05, 4.69) is 25.1 Å². The molecule has 72 valence electrons. The molecule has 1 atom stereocenters. The lowest BCUT2D eigenvalue weighted by Gasteiger charge is -2.07. The van der Waals surface area contributed by atoms with Gasteiger partial charge in [-0.15, -0.1) is 0 Å². The fourth-order valence-corrected chi connectivity index (χ4v) is 2.73. The summed E-state index contributed by atoms with van der Waals surface area (Å²) in [5, 5.41) is 0. The molecule has 1 aromatic carbocycles. The van der Waals surface area contributed by atoms with Gasteiger partial charge < -0.3 is 5.73 Å². The van der Waals surface area contributed by atoms with Gasteiger partial charge in [-0.3, -0.25) is 0 Å². The van der Waals surface area contributed by atoms with E-state index in [0.29, 0.717) is 6.04 Å². The maximum atomic E-state index is 6.08. The Labute approximate surface area is 84.6 Å². The monoisotopic (exact) mass is 185 g/mol. The summed E-state index contributed by atoms with van der Waals surface area (Å²) in [6.45, 7) is 2.16. The number of hydrogen-bond acceptors (Lipinski definition) is 1. The van der Waals surface area contributed by atoms with E-state index < -0.39 is 0 Å². The molecule has 1 aromatic rings. The van der Waals surface area contributed by atoms with E-state index in [0.717, 1.165) is 12.8 Å². The zero-order chi connectivity index (χ0) is 9.71. The normalized spacial score (nSPS) is 24.0. The average molecular weight is 185 g/mol. The highest BCUT2D eigenvalue weighted by Crippen LogP contribution is 2.42. The fraction of sp³-hybridized carbons (Fsp3) is 0.385. The van der Waals surface area contributed by atoms with E-state index >= 15 is 0 Å². The van der Waals surface area contributed by atoms with Crippen LogP contribution >= 0.6 is 0 Å². The molecule has 3 rings (SSSR count). The number of nitrogens with two attached hydrogens (primary N) is 1. The van der Waals surface area contributed by atoms with Gasteiger partial charge in [0.1, 0.15) is 0 Å². The summed E-state index contributed by atoms with van der Waals surface area (Å²) < 4.78 is 0. The Morgan fingerprint density at radius 2 is 2.21 bits per heavy atom. The largest absolute Gasteiger partial charge is 0.324 e. The van der Waals surface area contributed by atoms with Gasteiger partial charge >= 0.3 is 0 Å². The van der Waals surface area contributed by atoms with Crippen molar-refractivity contribution in [3.05, 3.63) is 40.5 Å². The van der Waals surface area contributed by atoms with Gasteiger partial charge in [0.15, 0.2) is 0 Å². The van der Waals surface area contributed by atoms with Crippen molar-refractivity contribution in [2.45, 2.75) is 32.2 Å². The summed E-state index contributed by atoms with van der Waals surface area (Å²) in [5.74, 6) is 0. The molecule has 1 unspecified atom stereocenters. The third kappa shape index (κ3) is 0.992. The topological polar surface area (TPSA) is 26.0 Å². The van der Waals surface area contributed by atoms with E-state index in [9.17, 15) is 0 Å². The van der Waals surface area contributed by atoms with Crippen LogP contribution in [0.3, 0.4) is 0 Å². The van der Waals surface area contributed by atoms with Gasteiger partial charge in [0, 0.05) is 6.04 Å². The first-order valence-electron chi connectivity index (χ1n) is 5.33. The number of rotatable bonds is 0. The van der Waals surface area contributed by atoms with Crippen LogP contribution in [0.1, 0.15) is 29.5 Å². The summed E-state index contributed by atoms with van der Waals surface area (Å²) in [6.07, 6.45) is 3.44. The molecule has 14 heavy (non-hydrogen) atoms. The van der Waals surface area contributed by atoms with Gasteiger partial charge in [-0.05, 0) is 48.5 Å². The second kappa shape index (κ2) is 2.71. The second-order valence-corrected chi connectivity index (χ2v) is 4.49. The van der Waals surface area contributed by atoms with E-state index in [-0.39, 0.29) is 0 Å². The number of benzene rings is 1. The standard InChI is InChI=1S/C13H15N/c1-8-2-3-9-7-12-10(11(9)6-8)4-5-13(12)14/h2-3,6,13H,4-5,7,14H2,1H3. The van der Waals surface area contributed by atoms with E-state index in [4.69, 9.17) is 5.73 Å². The molecule has 0 amide bonds. The molecule has 0 aliphatic heterocycles. The minimum atomic E-state index is 0.331. The molecule has 0 fully saturated rings. The van der Waals surface area contributed by atoms with Crippen LogP contribution in [0.25, 0.3) is 5.57 Å². The highest BCUT2D eigenvalue weighted by Gasteiger charge is 2.29. The van der Waals surface area contributed by atoms with Gasteiger partial charge in [-0.2, -0.15) is 0 Å². The first kappa shape index (κ1) is 8.25. The Hall–Kier alpha value is -1.08. The zero-order valence-electron chi connectivity index (χ0n) is 8.51. The van der Waals surface area contributed by atoms with Crippen LogP contribution in [0.5, 0.6) is 0 Å². The Kier molecular flexibility index (Phi) is 1.59. The van der Waals surface area contributed by atoms with Crippen LogP contribution in [0, 0.1) is 6.92 Å². The lowest BCUT2D eigenvalue weighted by Crippen LogP contribution is -2.19. The Balaban J connectivity index is 2.15. The molecule has 0 saturated carbocycles. The van der Waals surface area contributed by atoms with Crippen molar-refractivity contribution in [1.29, 1.82) is 0 Å². The molecule has 0 saturated heterocycles. The maximum absolute atomic E-state index is 6.08. The number of fused-ring (bicyclic) bond motifs is 2. The van der Waals surface area contributed by atoms with Crippen LogP contribution in [-0.2, 0) is 6.42 Å². The van der Waals surface area contributed by atoms with Crippen molar-refractivity contribution in [2.75, 3.05) is 0 Å². The van der Waals surface area contributed by atoms with Gasteiger partial charge in [-0.1, -0.05) is 23.8 Å². The van der Waals surface area contributed by atoms with Crippen molar-refractivity contribution in [3.8, 4) is 0 Å². The molecule has 0 bridgehead atoms. The van der Waals surface area contributed by atoms with E-state index in [1.54, 1.807) is 5.57 Å². The van der Waals surface area contributed by atoms with Crippen molar-refractivity contribution >= 4 is 5.57 Å². The molecule has 2 N–H and O–H groups in total. The molecular weight excluding hydrogens is 170 g/mol. The maximum Gasteiger partial charge on any atom is 0.0266 e. The smallest absolute Gasteiger partial charge is 0.0266 e. The van der Waals surface area contributed by atoms with Crippen LogP contribution in [0.15, 0.2) is 23.8 Å². The predicted octanol–water partition coefficient (Wildman–Crippen LogP) is 2.43. The lowest BCUT2D eigenvalue weighted by molar-refractivity contribution is 0.735. The van der Waals surface area contributed by atoms with Gasteiger partial charge in [0.25, 0.3) is 0 Å². The van der Waals surface area contributed by atoms with Crippen molar-refractivity contribution < 1.29 is 0 Å². The molecule has 0 aromatic heterocycles. The minimum Gasteiger partial charge on any atom is -0.324 e. The highest BCUT2D eigenvalue weighted by atomic mass is 14.7. The third-order valence-electron chi connectivity index (χ3n) is 3.51. The SMILES string of the molecule is Cc1ccc2c(c1)C1=C(C2)C(N)CC1. The van der Waals surface area contributed by atoms with Crippen LogP contribution in [-0.4, -0.2) is 6.04 Å². The summed E-state index contributed by atoms with van der Waals surface area (Å²) in [5.41, 5.74) is 13.5. The predicted molar refractivity (Wildman–Crippen MR) is 59.0 cm³/mol. The molecule has 0 heterocycles. The Morgan fingerprint density at radius 1 is 1.36 bits per heavy atom. The van der Waals surface area contributed by atoms with Crippen molar-refractivity contribution in [1.82, 2.24) is 0 Å². The van der Waals surface area contributed by atoms with Crippen molar-refractivity contribution in [3.63, 3.8) is 0 Å². The third-order valence-corrected chi connectivity index (χ3v) is 3.51. The molecule has 1 nitrogen and oxygen atoms in total. The molecule has 0 spiro atoms. The van der Waals surface area contributed by atoms with Crippen LogP contribution in [0.4, 0.5) is 0 Å². The second-order valence-electron chi connectivity index (χ2n) is 4.49. The first-order valence-corrected chi connectivity index (χ1v) is 5.33. The number of aryl methyl sites for hydroxylation is 1. The first-order chi connectivity index (χ1) is 6.75. The summed E-state index contributed by atoms with van der Waals surface area (Å²) in [7, 11) is 0. The molecule has 2 aliphatic carbocycles. The summed E-state index contributed by atoms with van der Waals surface area (Å²) in [6, 6.07) is 7.11. The quantitative estimate of drug-likeness (QED) is 0.660. The number of hydrogen-bond donors (Lipinski definition) is 1. The summed E-state index contributed by atoms with van der Waals surface area (Å²) in [4.78, 5) is 0. The fourth-order valence-electron chi connectivity index (χ4n) is 2.73. The van der Waals surface area contributed by atoms with Crippen LogP contribution in [0.2, 0.25) is 0 Å². The molecule has 2 aliphatic rings. The average Bonchev–Trinajstić information content (AvgIpc) is 2.67. The number of allylic oxidation sites excluding steroid dienone is 1. The van der Waals surface area contributed by atoms with Gasteiger partial charge in [0.2, 0.25) is 0 Å². The summed E-state index contributed by atoms with van der Waals surface area (Å²) >= 11 is 0. The van der Waals surface area contributed by atoms with E-state index in [1.165, 1.54) is 28.7 Å². The van der Waals surface area contributed by atoms with Gasteiger partial charge in [0.05, 0.1) is 0 Å². The molecule has 1 heteroatoms. The lowest BCUT2D eigenvalue weighted by atomic mass is 10.00. The minimum absolute atomic E-state index is 0.331. The Morgan fingerprint density at radius 3 is 3.07 bits per heavy atom. The molecular formula is C13H15N. The van der Waals surface area contributed by atoms with Gasteiger partial charge in [-0.25, -0.2) is 0 Å². The van der Waals surface area contributed by atoms with Crippen molar-refractivity contribution in [2.24, 2.45) is 5.73 Å². The Bertz CT molecular complexity index is 429. The molecule has 0 radical (unpaired) electrons.